The summed E-state index contributed by atoms with van der Waals surface area (Å²) < 4.78 is 0. The highest BCUT2D eigenvalue weighted by molar-refractivity contribution is 5.94. The van der Waals surface area contributed by atoms with Gasteiger partial charge in [-0.15, -0.1) is 0 Å². The van der Waals surface area contributed by atoms with Crippen molar-refractivity contribution in [3.05, 3.63) is 29.6 Å². The van der Waals surface area contributed by atoms with Crippen LogP contribution in [-0.2, 0) is 0 Å². The van der Waals surface area contributed by atoms with E-state index in [1.165, 1.54) is 12.8 Å². The molecule has 2 aliphatic heterocycles. The monoisotopic (exact) mass is 287 g/mol. The summed E-state index contributed by atoms with van der Waals surface area (Å²) in [5.41, 5.74) is 1.91. The minimum Gasteiger partial charge on any atom is -0.339 e. The number of rotatable bonds is 2. The molecule has 3 rings (SSSR count). The summed E-state index contributed by atoms with van der Waals surface area (Å²) in [4.78, 5) is 19.2. The number of piperidine rings is 1. The standard InChI is InChI=1S/C17H25N3O/c21-17(20-11-3-1-2-4-12-20)15-7-10-19-16(13-15)14-5-8-18-9-6-14/h7,10,13-14,18H,1-6,8-9,11-12H2. The zero-order chi connectivity index (χ0) is 14.5. The Morgan fingerprint density at radius 2 is 1.86 bits per heavy atom. The summed E-state index contributed by atoms with van der Waals surface area (Å²) in [6.07, 6.45) is 8.82. The van der Waals surface area contributed by atoms with E-state index in [1.807, 2.05) is 23.2 Å². The third-order valence-corrected chi connectivity index (χ3v) is 4.68. The van der Waals surface area contributed by atoms with Crippen LogP contribution in [0, 0.1) is 0 Å². The molecule has 2 saturated heterocycles. The molecule has 0 spiro atoms. The predicted octanol–water partition coefficient (Wildman–Crippen LogP) is 2.56. The summed E-state index contributed by atoms with van der Waals surface area (Å²) in [5.74, 6) is 0.692. The van der Waals surface area contributed by atoms with E-state index >= 15 is 0 Å². The molecule has 0 atom stereocenters. The van der Waals surface area contributed by atoms with Crippen LogP contribution in [0.5, 0.6) is 0 Å². The first kappa shape index (κ1) is 14.5. The Morgan fingerprint density at radius 3 is 2.57 bits per heavy atom. The van der Waals surface area contributed by atoms with Gasteiger partial charge in [-0.05, 0) is 50.9 Å². The second-order valence-corrected chi connectivity index (χ2v) is 6.20. The molecule has 114 valence electrons. The van der Waals surface area contributed by atoms with Crippen molar-refractivity contribution in [1.82, 2.24) is 15.2 Å². The van der Waals surface area contributed by atoms with Gasteiger partial charge in [-0.3, -0.25) is 9.78 Å². The van der Waals surface area contributed by atoms with Gasteiger partial charge >= 0.3 is 0 Å². The highest BCUT2D eigenvalue weighted by Gasteiger charge is 2.20. The zero-order valence-corrected chi connectivity index (χ0v) is 12.7. The molecule has 0 unspecified atom stereocenters. The van der Waals surface area contributed by atoms with E-state index < -0.39 is 0 Å². The fourth-order valence-electron chi connectivity index (χ4n) is 3.38. The molecule has 2 fully saturated rings. The lowest BCUT2D eigenvalue weighted by Gasteiger charge is -2.23. The topological polar surface area (TPSA) is 45.2 Å². The Morgan fingerprint density at radius 1 is 1.14 bits per heavy atom. The van der Waals surface area contributed by atoms with Gasteiger partial charge in [0.05, 0.1) is 0 Å². The van der Waals surface area contributed by atoms with E-state index in [2.05, 4.69) is 10.3 Å². The van der Waals surface area contributed by atoms with Gasteiger partial charge < -0.3 is 10.2 Å². The van der Waals surface area contributed by atoms with Crippen molar-refractivity contribution in [1.29, 1.82) is 0 Å². The molecule has 1 N–H and O–H groups in total. The van der Waals surface area contributed by atoms with Gasteiger partial charge in [0.25, 0.3) is 5.91 Å². The first-order chi connectivity index (χ1) is 10.3. The van der Waals surface area contributed by atoms with E-state index in [0.717, 1.165) is 63.1 Å². The third kappa shape index (κ3) is 3.62. The molecule has 1 amide bonds. The van der Waals surface area contributed by atoms with Crippen LogP contribution in [0.1, 0.15) is 60.5 Å². The lowest BCUT2D eigenvalue weighted by Crippen LogP contribution is -2.32. The summed E-state index contributed by atoms with van der Waals surface area (Å²) in [5, 5.41) is 3.38. The summed E-state index contributed by atoms with van der Waals surface area (Å²) >= 11 is 0. The number of nitrogens with zero attached hydrogens (tertiary/aromatic N) is 2. The minimum atomic E-state index is 0.189. The number of carbonyl (C=O) groups is 1. The fourth-order valence-corrected chi connectivity index (χ4v) is 3.38. The van der Waals surface area contributed by atoms with Crippen LogP contribution < -0.4 is 5.32 Å². The molecule has 4 nitrogen and oxygen atoms in total. The maximum absolute atomic E-state index is 12.7. The van der Waals surface area contributed by atoms with Crippen molar-refractivity contribution in [2.75, 3.05) is 26.2 Å². The Balaban J connectivity index is 1.73. The number of likely N-dealkylation sites (tertiary alicyclic amines) is 1. The molecular formula is C17H25N3O. The number of hydrogen-bond acceptors (Lipinski definition) is 3. The Hall–Kier alpha value is -1.42. The van der Waals surface area contributed by atoms with Gasteiger partial charge in [0.2, 0.25) is 0 Å². The number of carbonyl (C=O) groups excluding carboxylic acids is 1. The first-order valence-electron chi connectivity index (χ1n) is 8.30. The van der Waals surface area contributed by atoms with Crippen molar-refractivity contribution in [2.45, 2.75) is 44.4 Å². The number of nitrogens with one attached hydrogen (secondary N) is 1. The maximum atomic E-state index is 12.7. The molecule has 2 aliphatic rings. The average Bonchev–Trinajstić information content (AvgIpc) is 2.84. The fraction of sp³-hybridized carbons (Fsp3) is 0.647. The smallest absolute Gasteiger partial charge is 0.253 e. The molecule has 0 radical (unpaired) electrons. The van der Waals surface area contributed by atoms with E-state index in [1.54, 1.807) is 0 Å². The Kier molecular flexibility index (Phi) is 4.86. The van der Waals surface area contributed by atoms with Crippen molar-refractivity contribution in [2.24, 2.45) is 0 Å². The van der Waals surface area contributed by atoms with Gasteiger partial charge in [0, 0.05) is 36.5 Å². The average molecular weight is 287 g/mol. The van der Waals surface area contributed by atoms with Gasteiger partial charge in [0.15, 0.2) is 0 Å². The Labute approximate surface area is 126 Å². The molecular weight excluding hydrogens is 262 g/mol. The third-order valence-electron chi connectivity index (χ3n) is 4.68. The van der Waals surface area contributed by atoms with Gasteiger partial charge in [-0.25, -0.2) is 0 Å². The number of hydrogen-bond donors (Lipinski definition) is 1. The van der Waals surface area contributed by atoms with E-state index in [9.17, 15) is 4.79 Å². The number of pyridine rings is 1. The van der Waals surface area contributed by atoms with Gasteiger partial charge in [-0.1, -0.05) is 12.8 Å². The summed E-state index contributed by atoms with van der Waals surface area (Å²) in [6.45, 7) is 3.92. The molecule has 0 aromatic carbocycles. The van der Waals surface area contributed by atoms with Crippen molar-refractivity contribution in [3.8, 4) is 0 Å². The van der Waals surface area contributed by atoms with Crippen LogP contribution in [0.3, 0.4) is 0 Å². The molecule has 0 saturated carbocycles. The normalized spacial score (nSPS) is 21.0. The van der Waals surface area contributed by atoms with E-state index in [-0.39, 0.29) is 5.91 Å². The minimum absolute atomic E-state index is 0.189. The van der Waals surface area contributed by atoms with Gasteiger partial charge in [0.1, 0.15) is 0 Å². The second-order valence-electron chi connectivity index (χ2n) is 6.20. The van der Waals surface area contributed by atoms with Crippen LogP contribution >= 0.6 is 0 Å². The molecule has 1 aromatic heterocycles. The summed E-state index contributed by atoms with van der Waals surface area (Å²) in [7, 11) is 0. The molecule has 4 heteroatoms. The molecule has 3 heterocycles. The van der Waals surface area contributed by atoms with E-state index in [0.29, 0.717) is 5.92 Å². The Bertz CT molecular complexity index is 475. The van der Waals surface area contributed by atoms with E-state index in [4.69, 9.17) is 0 Å². The van der Waals surface area contributed by atoms with Crippen LogP contribution in [0.4, 0.5) is 0 Å². The highest BCUT2D eigenvalue weighted by Crippen LogP contribution is 2.24. The predicted molar refractivity (Wildman–Crippen MR) is 83.5 cm³/mol. The summed E-state index contributed by atoms with van der Waals surface area (Å²) in [6, 6.07) is 3.90. The SMILES string of the molecule is O=C(c1ccnc(C2CCNCC2)c1)N1CCCCCC1. The molecule has 0 bridgehead atoms. The maximum Gasteiger partial charge on any atom is 0.253 e. The zero-order valence-electron chi connectivity index (χ0n) is 12.7. The molecule has 0 aliphatic carbocycles. The number of aromatic nitrogens is 1. The van der Waals surface area contributed by atoms with Crippen molar-refractivity contribution in [3.63, 3.8) is 0 Å². The van der Waals surface area contributed by atoms with Crippen LogP contribution in [0.2, 0.25) is 0 Å². The van der Waals surface area contributed by atoms with Crippen LogP contribution in [-0.4, -0.2) is 42.0 Å². The molecule has 1 aromatic rings. The largest absolute Gasteiger partial charge is 0.339 e. The van der Waals surface area contributed by atoms with Crippen molar-refractivity contribution < 1.29 is 4.79 Å². The van der Waals surface area contributed by atoms with Crippen LogP contribution in [0.15, 0.2) is 18.3 Å². The lowest BCUT2D eigenvalue weighted by molar-refractivity contribution is 0.0761. The first-order valence-corrected chi connectivity index (χ1v) is 8.30. The van der Waals surface area contributed by atoms with Gasteiger partial charge in [-0.2, -0.15) is 0 Å². The molecule has 21 heavy (non-hydrogen) atoms. The van der Waals surface area contributed by atoms with Crippen LogP contribution in [0.25, 0.3) is 0 Å². The second kappa shape index (κ2) is 7.03. The quantitative estimate of drug-likeness (QED) is 0.909. The van der Waals surface area contributed by atoms with Crippen molar-refractivity contribution >= 4 is 5.91 Å². The highest BCUT2D eigenvalue weighted by atomic mass is 16.2. The lowest BCUT2D eigenvalue weighted by atomic mass is 9.93. The number of amides is 1.